The van der Waals surface area contributed by atoms with Gasteiger partial charge in [-0.15, -0.1) is 0 Å². The zero-order chi connectivity index (χ0) is 17.8. The van der Waals surface area contributed by atoms with Crippen LogP contribution in [0.3, 0.4) is 0 Å². The van der Waals surface area contributed by atoms with Crippen LogP contribution in [0.2, 0.25) is 0 Å². The minimum absolute atomic E-state index is 0.169. The maximum Gasteiger partial charge on any atom is 0.272 e. The first-order valence-electron chi connectivity index (χ1n) is 7.32. The molecular weight excluding hydrogens is 337 g/mol. The van der Waals surface area contributed by atoms with E-state index in [2.05, 4.69) is 10.1 Å². The summed E-state index contributed by atoms with van der Waals surface area (Å²) in [5.41, 5.74) is 4.44. The number of hydrogen-bond acceptors (Lipinski definition) is 9. The predicted molar refractivity (Wildman–Crippen MR) is 77.2 cm³/mol. The normalized spacial score (nSPS) is 37.3. The molecule has 2 aromatic heterocycles. The SMILES string of the molecule is CO[C@@H]1O[C@H]2[C@H](O1)[C@@](C#N)(c1ccc3c(N)ncnn13)O[C@]2(F)CO. The number of alkyl halides is 1. The number of nitrogens with two attached hydrogens (primary N) is 1. The minimum Gasteiger partial charge on any atom is -0.390 e. The Balaban J connectivity index is 1.91. The van der Waals surface area contributed by atoms with Gasteiger partial charge < -0.3 is 29.8 Å². The molecule has 0 amide bonds. The number of anilines is 1. The summed E-state index contributed by atoms with van der Waals surface area (Å²) >= 11 is 0. The standard InChI is InChI=1S/C14H14FN5O5/c1-22-12-23-9-10(24-12)14(15,5-21)25-13(9,4-16)8-3-2-7-11(17)18-6-19-20(7)8/h2-3,6,9-10,12,21H,5H2,1H3,(H2,17,18,19)/t9-,10-,12-,13+,14+/m0/s1. The number of hydrogen-bond donors (Lipinski definition) is 2. The lowest BCUT2D eigenvalue weighted by molar-refractivity contribution is -0.297. The molecule has 25 heavy (non-hydrogen) atoms. The van der Waals surface area contributed by atoms with Crippen molar-refractivity contribution < 1.29 is 28.4 Å². The van der Waals surface area contributed by atoms with Gasteiger partial charge in [0, 0.05) is 7.11 Å². The number of aliphatic hydroxyl groups excluding tert-OH is 1. The van der Waals surface area contributed by atoms with Crippen LogP contribution < -0.4 is 5.73 Å². The Morgan fingerprint density at radius 2 is 2.24 bits per heavy atom. The van der Waals surface area contributed by atoms with Crippen LogP contribution in [0.4, 0.5) is 10.2 Å². The average molecular weight is 351 g/mol. The van der Waals surface area contributed by atoms with Crippen molar-refractivity contribution in [3.8, 4) is 6.07 Å². The number of nitriles is 1. The van der Waals surface area contributed by atoms with Gasteiger partial charge in [-0.2, -0.15) is 10.4 Å². The van der Waals surface area contributed by atoms with Gasteiger partial charge in [0.05, 0.1) is 5.69 Å². The van der Waals surface area contributed by atoms with E-state index in [1.807, 2.05) is 6.07 Å². The van der Waals surface area contributed by atoms with E-state index in [1.165, 1.54) is 24.0 Å². The fourth-order valence-corrected chi connectivity index (χ4v) is 3.24. The van der Waals surface area contributed by atoms with Gasteiger partial charge >= 0.3 is 0 Å². The Morgan fingerprint density at radius 3 is 2.92 bits per heavy atom. The van der Waals surface area contributed by atoms with Crippen molar-refractivity contribution in [3.63, 3.8) is 0 Å². The number of nitrogen functional groups attached to an aromatic ring is 1. The van der Waals surface area contributed by atoms with Crippen LogP contribution in [0.25, 0.3) is 5.52 Å². The van der Waals surface area contributed by atoms with Crippen LogP contribution in [-0.2, 0) is 24.5 Å². The molecule has 2 aliphatic rings. The van der Waals surface area contributed by atoms with Crippen molar-refractivity contribution in [2.24, 2.45) is 0 Å². The molecule has 3 N–H and O–H groups in total. The van der Waals surface area contributed by atoms with Gasteiger partial charge in [-0.1, -0.05) is 0 Å². The molecule has 0 radical (unpaired) electrons. The van der Waals surface area contributed by atoms with Crippen molar-refractivity contribution in [2.75, 3.05) is 19.5 Å². The van der Waals surface area contributed by atoms with Gasteiger partial charge in [0.15, 0.2) is 11.9 Å². The van der Waals surface area contributed by atoms with E-state index in [9.17, 15) is 10.4 Å². The quantitative estimate of drug-likeness (QED) is 0.744. The molecule has 0 unspecified atom stereocenters. The van der Waals surface area contributed by atoms with Crippen molar-refractivity contribution in [1.82, 2.24) is 14.6 Å². The van der Waals surface area contributed by atoms with Crippen LogP contribution in [0, 0.1) is 11.3 Å². The largest absolute Gasteiger partial charge is 0.390 e. The molecule has 11 heteroatoms. The van der Waals surface area contributed by atoms with Crippen molar-refractivity contribution in [1.29, 1.82) is 5.26 Å². The van der Waals surface area contributed by atoms with Crippen molar-refractivity contribution in [3.05, 3.63) is 24.2 Å². The van der Waals surface area contributed by atoms with Crippen LogP contribution in [0.1, 0.15) is 5.69 Å². The predicted octanol–water partition coefficient (Wildman–Crippen LogP) is -0.567. The van der Waals surface area contributed by atoms with E-state index in [4.69, 9.17) is 24.7 Å². The smallest absolute Gasteiger partial charge is 0.272 e. The number of aromatic nitrogens is 3. The number of nitrogens with zero attached hydrogens (tertiary/aromatic N) is 4. The van der Waals surface area contributed by atoms with Crippen LogP contribution in [0.5, 0.6) is 0 Å². The lowest BCUT2D eigenvalue weighted by Gasteiger charge is -2.27. The molecule has 132 valence electrons. The number of aliphatic hydroxyl groups is 1. The van der Waals surface area contributed by atoms with Gasteiger partial charge in [-0.3, -0.25) is 0 Å². The molecule has 0 aliphatic carbocycles. The summed E-state index contributed by atoms with van der Waals surface area (Å²) in [6.45, 7) is -2.23. The van der Waals surface area contributed by atoms with Gasteiger partial charge in [0.2, 0.25) is 5.60 Å². The molecule has 0 saturated carbocycles. The molecule has 0 aromatic carbocycles. The van der Waals surface area contributed by atoms with Gasteiger partial charge in [0.1, 0.15) is 30.6 Å². The molecule has 2 fully saturated rings. The fourth-order valence-electron chi connectivity index (χ4n) is 3.24. The topological polar surface area (TPSA) is 137 Å². The maximum atomic E-state index is 15.1. The molecule has 0 spiro atoms. The lowest BCUT2D eigenvalue weighted by Crippen LogP contribution is -2.41. The van der Waals surface area contributed by atoms with Crippen LogP contribution in [-0.4, -0.2) is 58.0 Å². The molecule has 2 saturated heterocycles. The highest BCUT2D eigenvalue weighted by molar-refractivity contribution is 5.66. The maximum absolute atomic E-state index is 15.1. The molecule has 10 nitrogen and oxygen atoms in total. The lowest BCUT2D eigenvalue weighted by atomic mass is 9.92. The van der Waals surface area contributed by atoms with Crippen LogP contribution >= 0.6 is 0 Å². The minimum atomic E-state index is -2.66. The first kappa shape index (κ1) is 16.1. The highest BCUT2D eigenvalue weighted by Crippen LogP contribution is 2.51. The van der Waals surface area contributed by atoms with Gasteiger partial charge in [-0.05, 0) is 12.1 Å². The van der Waals surface area contributed by atoms with E-state index in [0.717, 1.165) is 0 Å². The van der Waals surface area contributed by atoms with E-state index < -0.39 is 36.7 Å². The third-order valence-electron chi connectivity index (χ3n) is 4.38. The molecule has 4 heterocycles. The zero-order valence-corrected chi connectivity index (χ0v) is 13.0. The van der Waals surface area contributed by atoms with Crippen molar-refractivity contribution >= 4 is 11.3 Å². The third-order valence-corrected chi connectivity index (χ3v) is 4.38. The molecule has 4 rings (SSSR count). The molecule has 2 aliphatic heterocycles. The fraction of sp³-hybridized carbons (Fsp3) is 0.500. The van der Waals surface area contributed by atoms with Gasteiger partial charge in [-0.25, -0.2) is 13.9 Å². The number of ether oxygens (including phenoxy) is 4. The van der Waals surface area contributed by atoms with E-state index in [-0.39, 0.29) is 11.5 Å². The average Bonchev–Trinajstić information content (AvgIpc) is 3.29. The summed E-state index contributed by atoms with van der Waals surface area (Å²) < 4.78 is 37.6. The third kappa shape index (κ3) is 2.00. The second-order valence-electron chi connectivity index (χ2n) is 5.69. The Kier molecular flexibility index (Phi) is 3.43. The Hall–Kier alpha value is -2.36. The summed E-state index contributed by atoms with van der Waals surface area (Å²) in [6.07, 6.45) is -1.37. The summed E-state index contributed by atoms with van der Waals surface area (Å²) in [5.74, 6) is -2.48. The van der Waals surface area contributed by atoms with Crippen LogP contribution in [0.15, 0.2) is 18.5 Å². The highest BCUT2D eigenvalue weighted by Gasteiger charge is 2.71. The Morgan fingerprint density at radius 1 is 1.48 bits per heavy atom. The summed E-state index contributed by atoms with van der Waals surface area (Å²) in [5, 5.41) is 23.4. The number of halogens is 1. The molecule has 0 bridgehead atoms. The number of methoxy groups -OCH3 is 1. The zero-order valence-electron chi connectivity index (χ0n) is 13.0. The summed E-state index contributed by atoms with van der Waals surface area (Å²) in [6, 6.07) is 5.02. The molecular formula is C14H14FN5O5. The Labute approximate surface area is 140 Å². The number of rotatable bonds is 3. The molecule has 5 atom stereocenters. The van der Waals surface area contributed by atoms with Crippen molar-refractivity contribution in [2.45, 2.75) is 30.1 Å². The van der Waals surface area contributed by atoms with E-state index in [1.54, 1.807) is 6.07 Å². The Bertz CT molecular complexity index is 871. The van der Waals surface area contributed by atoms with Gasteiger partial charge in [0.25, 0.3) is 12.3 Å². The summed E-state index contributed by atoms with van der Waals surface area (Å²) in [7, 11) is 1.31. The number of fused-ring (bicyclic) bond motifs is 2. The second-order valence-corrected chi connectivity index (χ2v) is 5.69. The summed E-state index contributed by atoms with van der Waals surface area (Å²) in [4.78, 5) is 3.86. The second kappa shape index (κ2) is 5.32. The highest BCUT2D eigenvalue weighted by atomic mass is 19.2. The molecule has 2 aromatic rings. The first-order chi connectivity index (χ1) is 12.0. The van der Waals surface area contributed by atoms with E-state index >= 15 is 4.39 Å². The monoisotopic (exact) mass is 351 g/mol. The van der Waals surface area contributed by atoms with E-state index in [0.29, 0.717) is 5.52 Å². The first-order valence-corrected chi connectivity index (χ1v) is 7.32.